The van der Waals surface area contributed by atoms with E-state index in [0.717, 1.165) is 12.2 Å². The molecule has 0 amide bonds. The van der Waals surface area contributed by atoms with Crippen molar-refractivity contribution in [2.45, 2.75) is 59.2 Å². The summed E-state index contributed by atoms with van der Waals surface area (Å²) in [7, 11) is -1.58. The Kier molecular flexibility index (Phi) is 4.23. The van der Waals surface area contributed by atoms with Crippen LogP contribution in [-0.2, 0) is 4.43 Å². The first-order valence-electron chi connectivity index (χ1n) is 5.08. The molecule has 0 saturated carbocycles. The largest absolute Gasteiger partial charge is 0.547 e. The second-order valence-corrected chi connectivity index (χ2v) is 9.70. The second kappa shape index (κ2) is 4.31. The third kappa shape index (κ3) is 3.55. The van der Waals surface area contributed by atoms with Gasteiger partial charge in [0.2, 0.25) is 8.32 Å². The fourth-order valence-electron chi connectivity index (χ4n) is 0.816. The topological polar surface area (TPSA) is 9.23 Å². The lowest BCUT2D eigenvalue weighted by atomic mass is 10.2. The van der Waals surface area contributed by atoms with Crippen LogP contribution in [0.1, 0.15) is 41.0 Å². The van der Waals surface area contributed by atoms with Crippen LogP contribution in [0.2, 0.25) is 18.1 Å². The first-order chi connectivity index (χ1) is 5.74. The quantitative estimate of drug-likeness (QED) is 0.487. The van der Waals surface area contributed by atoms with Crippen LogP contribution in [0.3, 0.4) is 0 Å². The van der Waals surface area contributed by atoms with Gasteiger partial charge in [0.05, 0.1) is 5.76 Å². The number of rotatable bonds is 3. The molecule has 1 nitrogen and oxygen atoms in total. The molecule has 0 atom stereocenters. The number of hydrogen-bond donors (Lipinski definition) is 0. The smallest absolute Gasteiger partial charge is 0.250 e. The Balaban J connectivity index is 4.51. The average Bonchev–Trinajstić information content (AvgIpc) is 1.98. The molecule has 0 heterocycles. The van der Waals surface area contributed by atoms with Crippen molar-refractivity contribution in [3.05, 3.63) is 11.8 Å². The average molecular weight is 200 g/mol. The van der Waals surface area contributed by atoms with Crippen molar-refractivity contribution >= 4 is 8.32 Å². The molecule has 0 aromatic carbocycles. The van der Waals surface area contributed by atoms with E-state index in [9.17, 15) is 0 Å². The Labute approximate surface area is 84.3 Å². The maximum atomic E-state index is 6.10. The van der Waals surface area contributed by atoms with Gasteiger partial charge in [-0.3, -0.25) is 0 Å². The molecule has 0 radical (unpaired) electrons. The Morgan fingerprint density at radius 2 is 1.77 bits per heavy atom. The van der Waals surface area contributed by atoms with Crippen LogP contribution in [0.25, 0.3) is 0 Å². The summed E-state index contributed by atoms with van der Waals surface area (Å²) < 4.78 is 6.10. The van der Waals surface area contributed by atoms with Gasteiger partial charge in [0.15, 0.2) is 0 Å². The lowest BCUT2D eigenvalue weighted by Gasteiger charge is -2.37. The zero-order valence-corrected chi connectivity index (χ0v) is 11.2. The summed E-state index contributed by atoms with van der Waals surface area (Å²) in [6.07, 6.45) is 3.09. The highest BCUT2D eigenvalue weighted by Gasteiger charge is 2.38. The highest BCUT2D eigenvalue weighted by atomic mass is 28.4. The maximum absolute atomic E-state index is 6.10. The predicted molar refractivity (Wildman–Crippen MR) is 62.3 cm³/mol. The van der Waals surface area contributed by atoms with Crippen LogP contribution in [0.4, 0.5) is 0 Å². The first-order valence-corrected chi connectivity index (χ1v) is 7.99. The minimum Gasteiger partial charge on any atom is -0.547 e. The van der Waals surface area contributed by atoms with Gasteiger partial charge in [0.25, 0.3) is 0 Å². The van der Waals surface area contributed by atoms with Crippen LogP contribution >= 0.6 is 0 Å². The van der Waals surface area contributed by atoms with Gasteiger partial charge in [-0.15, -0.1) is 0 Å². The van der Waals surface area contributed by atoms with Crippen molar-refractivity contribution in [1.82, 2.24) is 0 Å². The van der Waals surface area contributed by atoms with Gasteiger partial charge in [-0.2, -0.15) is 0 Å². The van der Waals surface area contributed by atoms with E-state index in [0.29, 0.717) is 5.04 Å². The molecular weight excluding hydrogens is 176 g/mol. The zero-order chi connectivity index (χ0) is 10.7. The molecule has 0 aromatic heterocycles. The molecule has 0 aliphatic carbocycles. The summed E-state index contributed by atoms with van der Waals surface area (Å²) in [6.45, 7) is 15.6. The van der Waals surface area contributed by atoms with E-state index in [2.05, 4.69) is 46.9 Å². The summed E-state index contributed by atoms with van der Waals surface area (Å²) in [5.41, 5.74) is 0. The molecule has 78 valence electrons. The molecule has 13 heavy (non-hydrogen) atoms. The van der Waals surface area contributed by atoms with Crippen LogP contribution in [0.5, 0.6) is 0 Å². The minimum atomic E-state index is -1.58. The predicted octanol–water partition coefficient (Wildman–Crippen LogP) is 4.32. The molecule has 0 aliphatic rings. The van der Waals surface area contributed by atoms with Gasteiger partial charge in [0, 0.05) is 6.42 Å². The molecule has 0 fully saturated rings. The van der Waals surface area contributed by atoms with Gasteiger partial charge < -0.3 is 4.43 Å². The summed E-state index contributed by atoms with van der Waals surface area (Å²) >= 11 is 0. The molecule has 2 heteroatoms. The van der Waals surface area contributed by atoms with E-state index < -0.39 is 8.32 Å². The lowest BCUT2D eigenvalue weighted by Crippen LogP contribution is -2.40. The molecule has 0 saturated heterocycles. The summed E-state index contributed by atoms with van der Waals surface area (Å²) in [5.74, 6) is 1.14. The molecule has 0 aromatic rings. The number of allylic oxidation sites excluding steroid dienone is 2. The summed E-state index contributed by atoms with van der Waals surface area (Å²) in [4.78, 5) is 0. The van der Waals surface area contributed by atoms with Crippen molar-refractivity contribution in [3.8, 4) is 0 Å². The van der Waals surface area contributed by atoms with Crippen molar-refractivity contribution in [1.29, 1.82) is 0 Å². The van der Waals surface area contributed by atoms with Crippen LogP contribution < -0.4 is 0 Å². The SMILES string of the molecule is C/C=C(\CC)O[Si](C)(C)C(C)(C)C. The number of hydrogen-bond acceptors (Lipinski definition) is 1. The van der Waals surface area contributed by atoms with Gasteiger partial charge in [0.1, 0.15) is 0 Å². The summed E-state index contributed by atoms with van der Waals surface area (Å²) in [5, 5.41) is 0.302. The molecule has 0 aliphatic heterocycles. The Bertz CT molecular complexity index is 187. The van der Waals surface area contributed by atoms with Gasteiger partial charge >= 0.3 is 0 Å². The van der Waals surface area contributed by atoms with Crippen LogP contribution in [0, 0.1) is 0 Å². The zero-order valence-electron chi connectivity index (χ0n) is 10.2. The van der Waals surface area contributed by atoms with Crippen molar-refractivity contribution in [3.63, 3.8) is 0 Å². The van der Waals surface area contributed by atoms with E-state index in [1.807, 2.05) is 6.92 Å². The standard InChI is InChI=1S/C11H24OSi/c1-8-10(9-2)12-13(6,7)11(3,4)5/h8H,9H2,1-7H3/b10-8+. The van der Waals surface area contributed by atoms with Crippen molar-refractivity contribution in [2.24, 2.45) is 0 Å². The third-order valence-electron chi connectivity index (χ3n) is 2.86. The van der Waals surface area contributed by atoms with Crippen molar-refractivity contribution < 1.29 is 4.43 Å². The summed E-state index contributed by atoms with van der Waals surface area (Å²) in [6, 6.07) is 0. The molecule has 0 spiro atoms. The van der Waals surface area contributed by atoms with Gasteiger partial charge in [-0.1, -0.05) is 33.8 Å². The van der Waals surface area contributed by atoms with Crippen LogP contribution in [-0.4, -0.2) is 8.32 Å². The monoisotopic (exact) mass is 200 g/mol. The maximum Gasteiger partial charge on any atom is 0.250 e. The highest BCUT2D eigenvalue weighted by Crippen LogP contribution is 2.38. The lowest BCUT2D eigenvalue weighted by molar-refractivity contribution is 0.370. The Hall–Kier alpha value is -0.243. The second-order valence-electron chi connectivity index (χ2n) is 4.97. The normalized spacial score (nSPS) is 14.5. The highest BCUT2D eigenvalue weighted by molar-refractivity contribution is 6.74. The molecule has 0 bridgehead atoms. The third-order valence-corrected chi connectivity index (χ3v) is 7.25. The van der Waals surface area contributed by atoms with E-state index in [4.69, 9.17) is 4.43 Å². The van der Waals surface area contributed by atoms with Gasteiger partial charge in [-0.05, 0) is 25.1 Å². The van der Waals surface area contributed by atoms with E-state index >= 15 is 0 Å². The van der Waals surface area contributed by atoms with Crippen LogP contribution in [0.15, 0.2) is 11.8 Å². The fraction of sp³-hybridized carbons (Fsp3) is 0.818. The fourth-order valence-corrected chi connectivity index (χ4v) is 2.04. The Morgan fingerprint density at radius 3 is 2.00 bits per heavy atom. The molecular formula is C11H24OSi. The minimum absolute atomic E-state index is 0.302. The Morgan fingerprint density at radius 1 is 1.31 bits per heavy atom. The van der Waals surface area contributed by atoms with E-state index in [1.54, 1.807) is 0 Å². The van der Waals surface area contributed by atoms with E-state index in [1.165, 1.54) is 0 Å². The van der Waals surface area contributed by atoms with E-state index in [-0.39, 0.29) is 0 Å². The molecule has 0 rings (SSSR count). The first kappa shape index (κ1) is 12.8. The molecule has 0 N–H and O–H groups in total. The van der Waals surface area contributed by atoms with Gasteiger partial charge in [-0.25, -0.2) is 0 Å². The molecule has 0 unspecified atom stereocenters. The van der Waals surface area contributed by atoms with Crippen molar-refractivity contribution in [2.75, 3.05) is 0 Å².